The number of amides is 1. The number of hydrogen-bond acceptors (Lipinski definition) is 2. The lowest BCUT2D eigenvalue weighted by Crippen LogP contribution is -2.30. The fourth-order valence-corrected chi connectivity index (χ4v) is 3.11. The van der Waals surface area contributed by atoms with Crippen molar-refractivity contribution in [1.82, 2.24) is 0 Å². The summed E-state index contributed by atoms with van der Waals surface area (Å²) in [6, 6.07) is 16.5. The molecule has 1 amide bonds. The first kappa shape index (κ1) is 15.7. The van der Waals surface area contributed by atoms with E-state index in [2.05, 4.69) is 0 Å². The van der Waals surface area contributed by atoms with Crippen LogP contribution in [0.1, 0.15) is 5.56 Å². The van der Waals surface area contributed by atoms with E-state index in [1.54, 1.807) is 19.2 Å². The van der Waals surface area contributed by atoms with Gasteiger partial charge in [-0.2, -0.15) is 0 Å². The summed E-state index contributed by atoms with van der Waals surface area (Å²) in [5.41, 5.74) is 1.71. The molecule has 3 nitrogen and oxygen atoms in total. The molecule has 2 rings (SSSR count). The van der Waals surface area contributed by atoms with Crippen molar-refractivity contribution in [3.05, 3.63) is 65.2 Å². The van der Waals surface area contributed by atoms with Gasteiger partial charge >= 0.3 is 0 Å². The molecule has 0 aliphatic carbocycles. The number of anilines is 1. The van der Waals surface area contributed by atoms with Gasteiger partial charge in [-0.25, -0.2) is 0 Å². The van der Waals surface area contributed by atoms with Crippen molar-refractivity contribution in [2.24, 2.45) is 0 Å². The van der Waals surface area contributed by atoms with Gasteiger partial charge in [0.15, 0.2) is 0 Å². The molecule has 0 aliphatic rings. The van der Waals surface area contributed by atoms with Crippen molar-refractivity contribution in [3.8, 4) is 0 Å². The van der Waals surface area contributed by atoms with Gasteiger partial charge in [0.05, 0.1) is 0 Å². The Balaban J connectivity index is 1.93. The highest BCUT2D eigenvalue weighted by molar-refractivity contribution is 7.84. The average molecular weight is 322 g/mol. The van der Waals surface area contributed by atoms with Crippen LogP contribution in [-0.4, -0.2) is 22.9 Å². The smallest absolute Gasteiger partial charge is 0.239 e. The second kappa shape index (κ2) is 7.38. The van der Waals surface area contributed by atoms with Gasteiger partial charge in [-0.05, 0) is 29.8 Å². The van der Waals surface area contributed by atoms with Crippen LogP contribution in [0.4, 0.5) is 5.69 Å². The molecule has 21 heavy (non-hydrogen) atoms. The van der Waals surface area contributed by atoms with Gasteiger partial charge in [-0.1, -0.05) is 41.9 Å². The van der Waals surface area contributed by atoms with Gasteiger partial charge in [0.25, 0.3) is 0 Å². The van der Waals surface area contributed by atoms with Crippen LogP contribution in [0.3, 0.4) is 0 Å². The normalized spacial score (nSPS) is 11.9. The summed E-state index contributed by atoms with van der Waals surface area (Å²) in [6.45, 7) is 0. The first-order valence-electron chi connectivity index (χ1n) is 6.47. The zero-order valence-corrected chi connectivity index (χ0v) is 13.2. The molecule has 0 saturated carbocycles. The number of benzene rings is 2. The zero-order chi connectivity index (χ0) is 15.2. The molecule has 0 N–H and O–H groups in total. The minimum absolute atomic E-state index is 0.00796. The fourth-order valence-electron chi connectivity index (χ4n) is 1.85. The Labute approximate surface area is 132 Å². The molecule has 1 atom stereocenters. The van der Waals surface area contributed by atoms with E-state index in [1.165, 1.54) is 4.90 Å². The number of halogens is 1. The van der Waals surface area contributed by atoms with Crippen LogP contribution in [0.25, 0.3) is 0 Å². The van der Waals surface area contributed by atoms with E-state index in [9.17, 15) is 9.00 Å². The van der Waals surface area contributed by atoms with E-state index in [4.69, 9.17) is 11.6 Å². The van der Waals surface area contributed by atoms with Crippen molar-refractivity contribution < 1.29 is 9.00 Å². The van der Waals surface area contributed by atoms with Crippen LogP contribution in [0.2, 0.25) is 5.02 Å². The highest BCUT2D eigenvalue weighted by atomic mass is 35.5. The summed E-state index contributed by atoms with van der Waals surface area (Å²) < 4.78 is 12.1. The third-order valence-electron chi connectivity index (χ3n) is 3.04. The zero-order valence-electron chi connectivity index (χ0n) is 11.7. The van der Waals surface area contributed by atoms with Gasteiger partial charge in [0.1, 0.15) is 5.75 Å². The summed E-state index contributed by atoms with van der Waals surface area (Å²) in [5, 5.41) is 0.643. The highest BCUT2D eigenvalue weighted by Crippen LogP contribution is 2.13. The molecule has 0 spiro atoms. The molecule has 0 saturated heterocycles. The summed E-state index contributed by atoms with van der Waals surface area (Å²) in [6.07, 6.45) is 0. The maximum atomic E-state index is 12.1. The quantitative estimate of drug-likeness (QED) is 0.847. The van der Waals surface area contributed by atoms with Crippen molar-refractivity contribution in [2.75, 3.05) is 17.7 Å². The predicted octanol–water partition coefficient (Wildman–Crippen LogP) is 3.25. The predicted molar refractivity (Wildman–Crippen MR) is 88.0 cm³/mol. The van der Waals surface area contributed by atoms with Gasteiger partial charge in [-0.15, -0.1) is 0 Å². The average Bonchev–Trinajstić information content (AvgIpc) is 2.49. The van der Waals surface area contributed by atoms with Crippen molar-refractivity contribution in [1.29, 1.82) is 0 Å². The molecule has 1 unspecified atom stereocenters. The number of para-hydroxylation sites is 1. The minimum atomic E-state index is -1.24. The number of rotatable bonds is 5. The second-order valence-electron chi connectivity index (χ2n) is 4.64. The van der Waals surface area contributed by atoms with Crippen LogP contribution < -0.4 is 4.90 Å². The number of nitrogens with zero attached hydrogens (tertiary/aromatic N) is 1. The second-order valence-corrected chi connectivity index (χ2v) is 6.54. The molecule has 2 aromatic carbocycles. The van der Waals surface area contributed by atoms with Gasteiger partial charge in [0.2, 0.25) is 5.91 Å². The largest absolute Gasteiger partial charge is 0.315 e. The van der Waals surface area contributed by atoms with E-state index in [0.717, 1.165) is 11.3 Å². The van der Waals surface area contributed by atoms with Crippen LogP contribution in [0.15, 0.2) is 54.6 Å². The Morgan fingerprint density at radius 1 is 1.10 bits per heavy atom. The maximum absolute atomic E-state index is 12.1. The van der Waals surface area contributed by atoms with Crippen molar-refractivity contribution >= 4 is 34.0 Å². The number of carbonyl (C=O) groups is 1. The third kappa shape index (κ3) is 4.69. The van der Waals surface area contributed by atoms with Crippen molar-refractivity contribution in [2.45, 2.75) is 5.75 Å². The van der Waals surface area contributed by atoms with E-state index < -0.39 is 10.8 Å². The molecule has 0 heterocycles. The van der Waals surface area contributed by atoms with E-state index in [1.807, 2.05) is 42.5 Å². The van der Waals surface area contributed by atoms with Crippen molar-refractivity contribution in [3.63, 3.8) is 0 Å². The molecule has 2 aromatic rings. The van der Waals surface area contributed by atoms with Gasteiger partial charge in [-0.3, -0.25) is 9.00 Å². The van der Waals surface area contributed by atoms with Crippen LogP contribution in [0, 0.1) is 0 Å². The molecule has 0 fully saturated rings. The molecule has 110 valence electrons. The van der Waals surface area contributed by atoms with E-state index >= 15 is 0 Å². The lowest BCUT2D eigenvalue weighted by molar-refractivity contribution is -0.115. The standard InChI is InChI=1S/C16H16ClNO2S/c1-18(15-5-3-2-4-6-15)16(19)12-21(20)11-13-7-9-14(17)10-8-13/h2-10H,11-12H2,1H3. The first-order valence-corrected chi connectivity index (χ1v) is 8.34. The van der Waals surface area contributed by atoms with Crippen LogP contribution in [-0.2, 0) is 21.3 Å². The molecular weight excluding hydrogens is 306 g/mol. The monoisotopic (exact) mass is 321 g/mol. The highest BCUT2D eigenvalue weighted by Gasteiger charge is 2.14. The molecular formula is C16H16ClNO2S. The first-order chi connectivity index (χ1) is 10.1. The summed E-state index contributed by atoms with van der Waals surface area (Å²) in [4.78, 5) is 13.6. The SMILES string of the molecule is CN(C(=O)CS(=O)Cc1ccc(Cl)cc1)c1ccccc1. The van der Waals surface area contributed by atoms with Crippen LogP contribution >= 0.6 is 11.6 Å². The summed E-state index contributed by atoms with van der Waals surface area (Å²) >= 11 is 5.81. The van der Waals surface area contributed by atoms with Gasteiger partial charge < -0.3 is 4.90 Å². The summed E-state index contributed by atoms with van der Waals surface area (Å²) in [5.74, 6) is 0.202. The van der Waals surface area contributed by atoms with E-state index in [0.29, 0.717) is 10.8 Å². The van der Waals surface area contributed by atoms with Crippen LogP contribution in [0.5, 0.6) is 0 Å². The fraction of sp³-hybridized carbons (Fsp3) is 0.188. The minimum Gasteiger partial charge on any atom is -0.315 e. The topological polar surface area (TPSA) is 37.4 Å². The van der Waals surface area contributed by atoms with E-state index in [-0.39, 0.29) is 11.7 Å². The Kier molecular flexibility index (Phi) is 5.53. The Morgan fingerprint density at radius 2 is 1.71 bits per heavy atom. The Hall–Kier alpha value is -1.65. The number of hydrogen-bond donors (Lipinski definition) is 0. The number of carbonyl (C=O) groups excluding carboxylic acids is 1. The summed E-state index contributed by atoms with van der Waals surface area (Å²) in [7, 11) is 0.455. The Morgan fingerprint density at radius 3 is 2.33 bits per heavy atom. The lowest BCUT2D eigenvalue weighted by Gasteiger charge is -2.16. The molecule has 5 heteroatoms. The van der Waals surface area contributed by atoms with Gasteiger partial charge in [0, 0.05) is 34.3 Å². The third-order valence-corrected chi connectivity index (χ3v) is 4.52. The molecule has 0 aromatic heterocycles. The molecule has 0 radical (unpaired) electrons. The maximum Gasteiger partial charge on any atom is 0.239 e. The lowest BCUT2D eigenvalue weighted by atomic mass is 10.2. The molecule has 0 bridgehead atoms. The Bertz CT molecular complexity index is 628. The molecule has 0 aliphatic heterocycles.